The summed E-state index contributed by atoms with van der Waals surface area (Å²) in [6.07, 6.45) is 55.6. The van der Waals surface area contributed by atoms with Crippen molar-refractivity contribution in [3.05, 3.63) is 0 Å². The van der Waals surface area contributed by atoms with Crippen LogP contribution in [0.15, 0.2) is 0 Å². The summed E-state index contributed by atoms with van der Waals surface area (Å²) in [6.45, 7) is 14.2. The number of carbonyl (C=O) groups excluding carboxylic acids is 4. The third kappa shape index (κ3) is 74.1. The van der Waals surface area contributed by atoms with Crippen LogP contribution < -0.4 is 0 Å². The fourth-order valence-corrected chi connectivity index (χ4v) is 13.8. The molecule has 0 aromatic heterocycles. The van der Waals surface area contributed by atoms with Crippen molar-refractivity contribution in [2.24, 2.45) is 23.7 Å². The highest BCUT2D eigenvalue weighted by Crippen LogP contribution is 2.45. The zero-order valence-corrected chi connectivity index (χ0v) is 66.9. The molecule has 17 nitrogen and oxygen atoms in total. The maximum absolute atomic E-state index is 13.1. The van der Waals surface area contributed by atoms with E-state index in [2.05, 4.69) is 55.4 Å². The maximum Gasteiger partial charge on any atom is 0.472 e. The van der Waals surface area contributed by atoms with Crippen LogP contribution in [-0.2, 0) is 65.4 Å². The number of carbonyl (C=O) groups is 4. The quantitative estimate of drug-likeness (QED) is 0.0222. The van der Waals surface area contributed by atoms with Crippen LogP contribution in [0.3, 0.4) is 0 Å². The zero-order valence-electron chi connectivity index (χ0n) is 65.1. The molecule has 0 rings (SSSR count). The van der Waals surface area contributed by atoms with Crippen LogP contribution in [-0.4, -0.2) is 96.7 Å². The third-order valence-corrected chi connectivity index (χ3v) is 20.5. The molecule has 0 aliphatic heterocycles. The second-order valence-corrected chi connectivity index (χ2v) is 33.6. The van der Waals surface area contributed by atoms with Gasteiger partial charge in [-0.2, -0.15) is 0 Å². The van der Waals surface area contributed by atoms with Gasteiger partial charge in [-0.05, 0) is 49.4 Å². The lowest BCUT2D eigenvalue weighted by Gasteiger charge is -2.21. The van der Waals surface area contributed by atoms with Crippen LogP contribution in [0.4, 0.5) is 0 Å². The summed E-state index contributed by atoms with van der Waals surface area (Å²) in [5, 5.41) is 10.6. The van der Waals surface area contributed by atoms with Crippen molar-refractivity contribution in [1.29, 1.82) is 0 Å². The summed E-state index contributed by atoms with van der Waals surface area (Å²) < 4.78 is 68.7. The molecule has 19 heteroatoms. The lowest BCUT2D eigenvalue weighted by molar-refractivity contribution is -0.161. The lowest BCUT2D eigenvalue weighted by atomic mass is 10.0. The van der Waals surface area contributed by atoms with Crippen molar-refractivity contribution in [2.75, 3.05) is 39.6 Å². The molecule has 0 spiro atoms. The van der Waals surface area contributed by atoms with E-state index < -0.39 is 97.5 Å². The number of ether oxygens (including phenoxy) is 4. The van der Waals surface area contributed by atoms with Gasteiger partial charge in [0.25, 0.3) is 0 Å². The first-order valence-electron chi connectivity index (χ1n) is 41.2. The zero-order chi connectivity index (χ0) is 73.1. The minimum absolute atomic E-state index is 0.107. The van der Waals surface area contributed by atoms with Crippen LogP contribution in [0, 0.1) is 23.7 Å². The van der Waals surface area contributed by atoms with Crippen molar-refractivity contribution in [3.63, 3.8) is 0 Å². The monoisotopic (exact) mass is 1450 g/mol. The lowest BCUT2D eigenvalue weighted by Crippen LogP contribution is -2.30. The topological polar surface area (TPSA) is 237 Å². The van der Waals surface area contributed by atoms with Crippen LogP contribution in [0.2, 0.25) is 0 Å². The van der Waals surface area contributed by atoms with E-state index in [1.807, 2.05) is 0 Å². The number of unbranched alkanes of at least 4 members (excludes halogenated alkanes) is 43. The van der Waals surface area contributed by atoms with Gasteiger partial charge in [0.05, 0.1) is 26.4 Å². The summed E-state index contributed by atoms with van der Waals surface area (Å²) >= 11 is 0. The molecule has 0 aromatic carbocycles. The largest absolute Gasteiger partial charge is 0.472 e. The summed E-state index contributed by atoms with van der Waals surface area (Å²) in [4.78, 5) is 73.0. The number of phosphoric acid groups is 2. The normalized spacial score (nSPS) is 14.1. The van der Waals surface area contributed by atoms with E-state index in [9.17, 15) is 43.2 Å². The third-order valence-electron chi connectivity index (χ3n) is 18.6. The number of hydrogen-bond donors (Lipinski definition) is 3. The number of esters is 4. The van der Waals surface area contributed by atoms with Gasteiger partial charge in [0.15, 0.2) is 12.2 Å². The van der Waals surface area contributed by atoms with Crippen LogP contribution in [0.5, 0.6) is 0 Å². The Morgan fingerprint density at radius 3 is 0.626 bits per heavy atom. The predicted molar refractivity (Wildman–Crippen MR) is 404 cm³/mol. The van der Waals surface area contributed by atoms with E-state index in [-0.39, 0.29) is 25.7 Å². The van der Waals surface area contributed by atoms with Crippen LogP contribution in [0.1, 0.15) is 409 Å². The van der Waals surface area contributed by atoms with Gasteiger partial charge in [-0.15, -0.1) is 0 Å². The molecule has 0 bridgehead atoms. The van der Waals surface area contributed by atoms with Gasteiger partial charge in [-0.25, -0.2) is 9.13 Å². The Kier molecular flexibility index (Phi) is 67.8. The molecule has 0 saturated carbocycles. The van der Waals surface area contributed by atoms with Gasteiger partial charge < -0.3 is 33.8 Å². The Bertz CT molecular complexity index is 1940. The van der Waals surface area contributed by atoms with Gasteiger partial charge in [-0.1, -0.05) is 357 Å². The molecule has 3 unspecified atom stereocenters. The fraction of sp³-hybridized carbons (Fsp3) is 0.950. The van der Waals surface area contributed by atoms with Gasteiger partial charge in [-0.3, -0.25) is 37.3 Å². The maximum atomic E-state index is 13.1. The molecule has 3 N–H and O–H groups in total. The molecule has 99 heavy (non-hydrogen) atoms. The predicted octanol–water partition coefficient (Wildman–Crippen LogP) is 23.6. The fourth-order valence-electron chi connectivity index (χ4n) is 12.3. The van der Waals surface area contributed by atoms with E-state index >= 15 is 0 Å². The average molecular weight is 1450 g/mol. The Labute approximate surface area is 607 Å². The number of phosphoric ester groups is 2. The molecule has 0 radical (unpaired) electrons. The summed E-state index contributed by atoms with van der Waals surface area (Å²) in [6, 6.07) is 0. The van der Waals surface area contributed by atoms with E-state index in [4.69, 9.17) is 37.0 Å². The van der Waals surface area contributed by atoms with Crippen molar-refractivity contribution < 1.29 is 80.2 Å². The highest BCUT2D eigenvalue weighted by Gasteiger charge is 2.30. The summed E-state index contributed by atoms with van der Waals surface area (Å²) in [5.41, 5.74) is 0. The van der Waals surface area contributed by atoms with Gasteiger partial charge in [0.1, 0.15) is 19.3 Å². The highest BCUT2D eigenvalue weighted by atomic mass is 31.2. The minimum atomic E-state index is -4.96. The smallest absolute Gasteiger partial charge is 0.462 e. The highest BCUT2D eigenvalue weighted by molar-refractivity contribution is 7.47. The van der Waals surface area contributed by atoms with Crippen molar-refractivity contribution in [1.82, 2.24) is 0 Å². The summed E-state index contributed by atoms with van der Waals surface area (Å²) in [5.74, 6) is 0.956. The Balaban J connectivity index is 5.23. The van der Waals surface area contributed by atoms with Crippen LogP contribution in [0.25, 0.3) is 0 Å². The van der Waals surface area contributed by atoms with Crippen molar-refractivity contribution in [3.8, 4) is 0 Å². The van der Waals surface area contributed by atoms with Crippen molar-refractivity contribution >= 4 is 39.5 Å². The molecule has 0 heterocycles. The van der Waals surface area contributed by atoms with Gasteiger partial charge >= 0.3 is 39.5 Å². The Morgan fingerprint density at radius 1 is 0.253 bits per heavy atom. The molecule has 0 aromatic rings. The molecule has 588 valence electrons. The molecule has 0 aliphatic rings. The summed E-state index contributed by atoms with van der Waals surface area (Å²) in [7, 11) is -9.92. The van der Waals surface area contributed by atoms with E-state index in [0.29, 0.717) is 31.6 Å². The molecule has 0 amide bonds. The number of rotatable bonds is 77. The first-order valence-corrected chi connectivity index (χ1v) is 44.2. The molecule has 0 aliphatic carbocycles. The molecular weight excluding hydrogens is 1290 g/mol. The van der Waals surface area contributed by atoms with E-state index in [0.717, 1.165) is 114 Å². The average Bonchev–Trinajstić information content (AvgIpc) is 0.965. The Morgan fingerprint density at radius 2 is 0.424 bits per heavy atom. The van der Waals surface area contributed by atoms with Gasteiger partial charge in [0, 0.05) is 25.7 Å². The van der Waals surface area contributed by atoms with Crippen molar-refractivity contribution in [2.45, 2.75) is 427 Å². The van der Waals surface area contributed by atoms with Crippen LogP contribution >= 0.6 is 15.6 Å². The number of aliphatic hydroxyl groups is 1. The second kappa shape index (κ2) is 69.1. The molecule has 0 saturated heterocycles. The van der Waals surface area contributed by atoms with E-state index in [1.54, 1.807) is 0 Å². The molecule has 5 atom stereocenters. The standard InChI is InChI=1S/C80H156O17P2/c1-70(2)56-48-40-32-25-19-14-11-9-10-12-16-22-29-37-46-54-62-80(85)97-76(67-91-78(83)61-53-45-39-31-35-43-51-59-73(7)8)69-95-99(88,89)93-65-74(81)64-92-98(86,87)94-68-75(66-90-77(82)60-52-44-36-28-24-18-21-27-34-42-50-58-72(5)6)96-79(84)63-55-47-38-30-23-17-13-15-20-26-33-41-49-57-71(3)4/h70-76,81H,9-69H2,1-8H3,(H,86,87)(H,88,89)/t74?,75-,76-/m1/s1. The SMILES string of the molecule is CC(C)CCCCCCCCCCCCCCCCCCC(=O)O[C@H](COC(=O)CCCCCCCCCC(C)C)COP(=O)(O)OCC(O)COP(=O)(O)OC[C@@H](COC(=O)CCCCCCCCCCCCCC(C)C)OC(=O)CCCCCCCCCCCCCCCC(C)C. The Hall–Kier alpha value is -1.94. The first-order chi connectivity index (χ1) is 47.6. The minimum Gasteiger partial charge on any atom is -0.462 e. The molecule has 0 fully saturated rings. The molecular formula is C80H156O17P2. The number of hydrogen-bond acceptors (Lipinski definition) is 15. The second-order valence-electron chi connectivity index (χ2n) is 30.7. The first kappa shape index (κ1) is 97.1. The van der Waals surface area contributed by atoms with E-state index in [1.165, 1.54) is 205 Å². The number of aliphatic hydroxyl groups excluding tert-OH is 1. The van der Waals surface area contributed by atoms with Gasteiger partial charge in [0.2, 0.25) is 0 Å².